The van der Waals surface area contributed by atoms with Crippen molar-refractivity contribution in [3.63, 3.8) is 0 Å². The Morgan fingerprint density at radius 1 is 1.44 bits per heavy atom. The van der Waals surface area contributed by atoms with Crippen molar-refractivity contribution < 1.29 is 9.53 Å². The number of hydrogen-bond acceptors (Lipinski definition) is 5. The van der Waals surface area contributed by atoms with Crippen LogP contribution in [0.2, 0.25) is 10.0 Å². The SMILES string of the molecule is COC(=O)C1=NC(c2c(Cl)cccc2Cl)C(N)N1. The highest BCUT2D eigenvalue weighted by molar-refractivity contribution is 6.37. The van der Waals surface area contributed by atoms with Crippen molar-refractivity contribution in [1.29, 1.82) is 0 Å². The molecule has 1 heterocycles. The molecule has 0 fully saturated rings. The monoisotopic (exact) mass is 287 g/mol. The number of ether oxygens (including phenoxy) is 1. The summed E-state index contributed by atoms with van der Waals surface area (Å²) in [5, 5.41) is 3.66. The number of nitrogens with two attached hydrogens (primary N) is 1. The molecule has 0 bridgehead atoms. The first kappa shape index (κ1) is 13.1. The molecule has 2 atom stereocenters. The van der Waals surface area contributed by atoms with Crippen molar-refractivity contribution in [2.24, 2.45) is 10.7 Å². The number of nitrogens with one attached hydrogen (secondary N) is 1. The number of hydrogen-bond donors (Lipinski definition) is 2. The summed E-state index contributed by atoms with van der Waals surface area (Å²) in [6.07, 6.45) is -0.573. The molecular weight excluding hydrogens is 277 g/mol. The van der Waals surface area contributed by atoms with Crippen LogP contribution in [0.1, 0.15) is 11.6 Å². The van der Waals surface area contributed by atoms with E-state index in [1.165, 1.54) is 7.11 Å². The number of carbonyl (C=O) groups excluding carboxylic acids is 1. The first-order valence-electron chi connectivity index (χ1n) is 5.16. The summed E-state index contributed by atoms with van der Waals surface area (Å²) >= 11 is 12.2. The molecule has 0 spiro atoms. The Morgan fingerprint density at radius 3 is 2.61 bits per heavy atom. The van der Waals surface area contributed by atoms with E-state index in [9.17, 15) is 4.79 Å². The zero-order chi connectivity index (χ0) is 13.3. The third-order valence-electron chi connectivity index (χ3n) is 2.59. The van der Waals surface area contributed by atoms with Gasteiger partial charge in [-0.1, -0.05) is 29.3 Å². The molecule has 2 rings (SSSR count). The molecule has 1 aromatic carbocycles. The van der Waals surface area contributed by atoms with Crippen molar-refractivity contribution in [2.45, 2.75) is 12.2 Å². The fourth-order valence-electron chi connectivity index (χ4n) is 1.74. The zero-order valence-electron chi connectivity index (χ0n) is 9.48. The highest BCUT2D eigenvalue weighted by atomic mass is 35.5. The Labute approximate surface area is 114 Å². The maximum Gasteiger partial charge on any atom is 0.373 e. The molecule has 0 amide bonds. The summed E-state index contributed by atoms with van der Waals surface area (Å²) in [5.74, 6) is -0.498. The quantitative estimate of drug-likeness (QED) is 0.808. The van der Waals surface area contributed by atoms with Crippen LogP contribution in [0, 0.1) is 0 Å². The average Bonchev–Trinajstić information content (AvgIpc) is 2.70. The average molecular weight is 288 g/mol. The van der Waals surface area contributed by atoms with E-state index >= 15 is 0 Å². The lowest BCUT2D eigenvalue weighted by molar-refractivity contribution is -0.132. The van der Waals surface area contributed by atoms with E-state index in [4.69, 9.17) is 28.9 Å². The van der Waals surface area contributed by atoms with Crippen LogP contribution in [-0.4, -0.2) is 25.1 Å². The first-order chi connectivity index (χ1) is 8.54. The van der Waals surface area contributed by atoms with E-state index < -0.39 is 18.2 Å². The van der Waals surface area contributed by atoms with Gasteiger partial charge in [-0.05, 0) is 12.1 Å². The summed E-state index contributed by atoms with van der Waals surface area (Å²) < 4.78 is 4.57. The van der Waals surface area contributed by atoms with Crippen LogP contribution in [0.3, 0.4) is 0 Å². The lowest BCUT2D eigenvalue weighted by Crippen LogP contribution is -2.42. The second kappa shape index (κ2) is 5.14. The number of carbonyl (C=O) groups is 1. The van der Waals surface area contributed by atoms with Crippen LogP contribution in [0.15, 0.2) is 23.2 Å². The summed E-state index contributed by atoms with van der Waals surface area (Å²) in [4.78, 5) is 15.5. The van der Waals surface area contributed by atoms with Gasteiger partial charge < -0.3 is 15.8 Å². The van der Waals surface area contributed by atoms with E-state index in [1.807, 2.05) is 0 Å². The van der Waals surface area contributed by atoms with Gasteiger partial charge in [-0.2, -0.15) is 0 Å². The van der Waals surface area contributed by atoms with Crippen LogP contribution in [0.4, 0.5) is 0 Å². The lowest BCUT2D eigenvalue weighted by Gasteiger charge is -2.16. The maximum absolute atomic E-state index is 11.4. The number of nitrogens with zero attached hydrogens (tertiary/aromatic N) is 1. The van der Waals surface area contributed by atoms with Crippen molar-refractivity contribution >= 4 is 35.0 Å². The third-order valence-corrected chi connectivity index (χ3v) is 3.25. The molecule has 1 aromatic rings. The predicted molar refractivity (Wildman–Crippen MR) is 69.8 cm³/mol. The first-order valence-corrected chi connectivity index (χ1v) is 5.92. The Hall–Kier alpha value is -1.30. The minimum atomic E-state index is -0.573. The number of esters is 1. The van der Waals surface area contributed by atoms with Crippen LogP contribution in [0.5, 0.6) is 0 Å². The van der Waals surface area contributed by atoms with Crippen LogP contribution < -0.4 is 11.1 Å². The predicted octanol–water partition coefficient (Wildman–Crippen LogP) is 1.49. The van der Waals surface area contributed by atoms with Gasteiger partial charge in [0.05, 0.1) is 7.11 Å². The summed E-state index contributed by atoms with van der Waals surface area (Å²) in [5.41, 5.74) is 6.48. The highest BCUT2D eigenvalue weighted by Crippen LogP contribution is 2.35. The van der Waals surface area contributed by atoms with Gasteiger partial charge in [-0.15, -0.1) is 0 Å². The molecule has 0 aliphatic carbocycles. The molecule has 0 saturated heterocycles. The Balaban J connectivity index is 2.39. The van der Waals surface area contributed by atoms with Crippen LogP contribution >= 0.6 is 23.2 Å². The lowest BCUT2D eigenvalue weighted by atomic mass is 10.1. The van der Waals surface area contributed by atoms with E-state index in [0.717, 1.165) is 0 Å². The van der Waals surface area contributed by atoms with E-state index in [1.54, 1.807) is 18.2 Å². The van der Waals surface area contributed by atoms with Crippen molar-refractivity contribution in [3.05, 3.63) is 33.8 Å². The normalized spacial score (nSPS) is 22.3. The molecule has 0 radical (unpaired) electrons. The topological polar surface area (TPSA) is 76.7 Å². The molecule has 2 unspecified atom stereocenters. The Bertz CT molecular complexity index is 499. The van der Waals surface area contributed by atoms with Crippen molar-refractivity contribution in [3.8, 4) is 0 Å². The van der Waals surface area contributed by atoms with Crippen molar-refractivity contribution in [1.82, 2.24) is 5.32 Å². The van der Waals surface area contributed by atoms with E-state index in [0.29, 0.717) is 15.6 Å². The van der Waals surface area contributed by atoms with Crippen molar-refractivity contribution in [2.75, 3.05) is 7.11 Å². The van der Waals surface area contributed by atoms with Gasteiger partial charge in [0.25, 0.3) is 0 Å². The summed E-state index contributed by atoms with van der Waals surface area (Å²) in [6, 6.07) is 4.61. The molecule has 7 heteroatoms. The minimum absolute atomic E-state index is 0.0750. The van der Waals surface area contributed by atoms with Gasteiger partial charge in [-0.3, -0.25) is 4.99 Å². The zero-order valence-corrected chi connectivity index (χ0v) is 11.0. The highest BCUT2D eigenvalue weighted by Gasteiger charge is 2.33. The molecular formula is C11H11Cl2N3O2. The maximum atomic E-state index is 11.4. The number of aliphatic imine (C=N–C) groups is 1. The largest absolute Gasteiger partial charge is 0.463 e. The number of benzene rings is 1. The second-order valence-corrected chi connectivity index (χ2v) is 4.53. The Kier molecular flexibility index (Phi) is 3.75. The smallest absolute Gasteiger partial charge is 0.373 e. The number of halogens is 2. The number of amidine groups is 1. The molecule has 96 valence electrons. The molecule has 0 saturated carbocycles. The molecule has 18 heavy (non-hydrogen) atoms. The molecule has 1 aliphatic heterocycles. The Morgan fingerprint density at radius 2 is 2.06 bits per heavy atom. The summed E-state index contributed by atoms with van der Waals surface area (Å²) in [6.45, 7) is 0. The van der Waals surface area contributed by atoms with E-state index in [-0.39, 0.29) is 5.84 Å². The standard InChI is InChI=1S/C11H11Cl2N3O2/c1-18-11(17)10-15-8(9(14)16-10)7-5(12)3-2-4-6(7)13/h2-4,8-9H,14H2,1H3,(H,15,16). The summed E-state index contributed by atoms with van der Waals surface area (Å²) in [7, 11) is 1.27. The molecule has 5 nitrogen and oxygen atoms in total. The van der Waals surface area contributed by atoms with Gasteiger partial charge in [0, 0.05) is 15.6 Å². The van der Waals surface area contributed by atoms with Gasteiger partial charge in [0.2, 0.25) is 5.84 Å². The van der Waals surface area contributed by atoms with Gasteiger partial charge in [0.15, 0.2) is 0 Å². The van der Waals surface area contributed by atoms with E-state index in [2.05, 4.69) is 15.0 Å². The molecule has 3 N–H and O–H groups in total. The fourth-order valence-corrected chi connectivity index (χ4v) is 2.36. The van der Waals surface area contributed by atoms with Crippen LogP contribution in [0.25, 0.3) is 0 Å². The van der Waals surface area contributed by atoms with Crippen LogP contribution in [-0.2, 0) is 9.53 Å². The fraction of sp³-hybridized carbons (Fsp3) is 0.273. The van der Waals surface area contributed by atoms with Gasteiger partial charge >= 0.3 is 5.97 Å². The molecule has 0 aromatic heterocycles. The second-order valence-electron chi connectivity index (χ2n) is 3.72. The van der Waals surface area contributed by atoms with Gasteiger partial charge in [-0.25, -0.2) is 4.79 Å². The number of rotatable bonds is 2. The van der Waals surface area contributed by atoms with Gasteiger partial charge in [0.1, 0.15) is 12.2 Å². The number of methoxy groups -OCH3 is 1. The third kappa shape index (κ3) is 2.29. The molecule has 1 aliphatic rings. The minimum Gasteiger partial charge on any atom is -0.463 e.